The second-order valence-corrected chi connectivity index (χ2v) is 7.66. The maximum atomic E-state index is 13.0. The minimum Gasteiger partial charge on any atom is -0.370 e. The summed E-state index contributed by atoms with van der Waals surface area (Å²) in [4.78, 5) is 14.8. The Hall–Kier alpha value is -0.690. The van der Waals surface area contributed by atoms with E-state index in [0.717, 1.165) is 12.8 Å². The number of fused-ring (bicyclic) bond motifs is 1. The smallest absolute Gasteiger partial charge is 0.240 e. The predicted molar refractivity (Wildman–Crippen MR) is 85.8 cm³/mol. The van der Waals surface area contributed by atoms with E-state index in [-0.39, 0.29) is 23.5 Å². The molecule has 23 heavy (non-hydrogen) atoms. The molecule has 2 aliphatic heterocycles. The van der Waals surface area contributed by atoms with Crippen LogP contribution in [0.5, 0.6) is 0 Å². The van der Waals surface area contributed by atoms with Crippen molar-refractivity contribution in [2.75, 3.05) is 27.4 Å². The van der Waals surface area contributed by atoms with Gasteiger partial charge in [0.25, 0.3) is 0 Å². The Kier molecular flexibility index (Phi) is 4.71. The van der Waals surface area contributed by atoms with Crippen molar-refractivity contribution in [3.8, 4) is 0 Å². The summed E-state index contributed by atoms with van der Waals surface area (Å²) in [6.45, 7) is 3.27. The van der Waals surface area contributed by atoms with Crippen molar-refractivity contribution in [1.82, 2.24) is 4.90 Å². The zero-order valence-electron chi connectivity index (χ0n) is 14.5. The van der Waals surface area contributed by atoms with Gasteiger partial charge in [0.1, 0.15) is 12.6 Å². The van der Waals surface area contributed by atoms with E-state index in [9.17, 15) is 4.79 Å². The summed E-state index contributed by atoms with van der Waals surface area (Å²) < 4.78 is 17.0. The molecular formula is C17H30N2O4. The molecule has 0 spiro atoms. The molecule has 3 aliphatic rings. The molecule has 3 fully saturated rings. The maximum absolute atomic E-state index is 13.0. The molecule has 132 valence electrons. The van der Waals surface area contributed by atoms with E-state index in [1.54, 1.807) is 14.2 Å². The van der Waals surface area contributed by atoms with Gasteiger partial charge < -0.3 is 24.8 Å². The van der Waals surface area contributed by atoms with Gasteiger partial charge in [-0.05, 0) is 31.1 Å². The lowest BCUT2D eigenvalue weighted by atomic mass is 9.82. The second kappa shape index (κ2) is 6.31. The van der Waals surface area contributed by atoms with E-state index >= 15 is 0 Å². The summed E-state index contributed by atoms with van der Waals surface area (Å²) in [5.41, 5.74) is 6.51. The molecule has 0 aromatic heterocycles. The lowest BCUT2D eigenvalue weighted by Crippen LogP contribution is -2.58. The lowest BCUT2D eigenvalue weighted by molar-refractivity contribution is -0.227. The highest BCUT2D eigenvalue weighted by Crippen LogP contribution is 2.42. The fraction of sp³-hybridized carbons (Fsp3) is 0.941. The van der Waals surface area contributed by atoms with Crippen LogP contribution in [0, 0.1) is 5.41 Å². The molecule has 6 nitrogen and oxygen atoms in total. The summed E-state index contributed by atoms with van der Waals surface area (Å²) in [7, 11) is 3.21. The molecule has 2 N–H and O–H groups in total. The number of likely N-dealkylation sites (tertiary alicyclic amines) is 1. The molecule has 3 rings (SSSR count). The van der Waals surface area contributed by atoms with Crippen LogP contribution in [0.4, 0.5) is 0 Å². The predicted octanol–water partition coefficient (Wildman–Crippen LogP) is 1.27. The van der Waals surface area contributed by atoms with Crippen molar-refractivity contribution in [3.63, 3.8) is 0 Å². The molecule has 0 bridgehead atoms. The van der Waals surface area contributed by atoms with Crippen molar-refractivity contribution < 1.29 is 19.0 Å². The Morgan fingerprint density at radius 2 is 2.00 bits per heavy atom. The quantitative estimate of drug-likeness (QED) is 0.770. The molecule has 0 aromatic carbocycles. The number of rotatable bonds is 5. The first-order valence-corrected chi connectivity index (χ1v) is 8.73. The molecule has 1 saturated carbocycles. The molecule has 1 amide bonds. The average molecular weight is 326 g/mol. The minimum atomic E-state index is -0.867. The van der Waals surface area contributed by atoms with Crippen LogP contribution in [-0.4, -0.2) is 62.2 Å². The van der Waals surface area contributed by atoms with Crippen LogP contribution in [0.1, 0.15) is 45.4 Å². The lowest BCUT2D eigenvalue weighted by Gasteiger charge is -2.37. The molecule has 1 aliphatic carbocycles. The molecule has 3 atom stereocenters. The highest BCUT2D eigenvalue weighted by molar-refractivity contribution is 5.82. The minimum absolute atomic E-state index is 0.00889. The van der Waals surface area contributed by atoms with Gasteiger partial charge in [0.2, 0.25) is 11.7 Å². The van der Waals surface area contributed by atoms with Crippen LogP contribution >= 0.6 is 0 Å². The van der Waals surface area contributed by atoms with Crippen molar-refractivity contribution in [3.05, 3.63) is 0 Å². The Labute approximate surface area is 138 Å². The molecule has 1 unspecified atom stereocenters. The monoisotopic (exact) mass is 326 g/mol. The van der Waals surface area contributed by atoms with Gasteiger partial charge in [0, 0.05) is 20.8 Å². The van der Waals surface area contributed by atoms with Crippen LogP contribution in [0.3, 0.4) is 0 Å². The van der Waals surface area contributed by atoms with Crippen LogP contribution < -0.4 is 5.73 Å². The van der Waals surface area contributed by atoms with Crippen molar-refractivity contribution in [2.24, 2.45) is 11.1 Å². The Morgan fingerprint density at radius 3 is 2.61 bits per heavy atom. The Bertz CT molecular complexity index is 446. The fourth-order valence-electron chi connectivity index (χ4n) is 4.72. The number of carbonyl (C=O) groups is 1. The third-order valence-electron chi connectivity index (χ3n) is 6.11. The number of carbonyl (C=O) groups excluding carboxylic acids is 1. The molecule has 0 aromatic rings. The summed E-state index contributed by atoms with van der Waals surface area (Å²) in [5.74, 6) is -0.858. The van der Waals surface area contributed by atoms with E-state index < -0.39 is 11.8 Å². The number of nitrogens with two attached hydrogens (primary N) is 1. The maximum Gasteiger partial charge on any atom is 0.240 e. The van der Waals surface area contributed by atoms with Crippen LogP contribution in [0.15, 0.2) is 0 Å². The van der Waals surface area contributed by atoms with Crippen molar-refractivity contribution in [2.45, 2.75) is 69.4 Å². The summed E-state index contributed by atoms with van der Waals surface area (Å²) in [5, 5.41) is 0. The number of hydrogen-bond donors (Lipinski definition) is 1. The van der Waals surface area contributed by atoms with E-state index in [0.29, 0.717) is 13.2 Å². The molecule has 6 heteroatoms. The summed E-state index contributed by atoms with van der Waals surface area (Å²) >= 11 is 0. The van der Waals surface area contributed by atoms with Gasteiger partial charge in [-0.2, -0.15) is 0 Å². The van der Waals surface area contributed by atoms with E-state index in [1.807, 2.05) is 4.90 Å². The number of hydrogen-bond acceptors (Lipinski definition) is 5. The molecule has 2 heterocycles. The Balaban J connectivity index is 1.71. The van der Waals surface area contributed by atoms with E-state index in [4.69, 9.17) is 19.9 Å². The zero-order valence-corrected chi connectivity index (χ0v) is 14.5. The molecule has 0 radical (unpaired) electrons. The fourth-order valence-corrected chi connectivity index (χ4v) is 4.72. The van der Waals surface area contributed by atoms with Crippen LogP contribution in [0.25, 0.3) is 0 Å². The first-order valence-electron chi connectivity index (χ1n) is 8.73. The van der Waals surface area contributed by atoms with Crippen molar-refractivity contribution in [1.29, 1.82) is 0 Å². The van der Waals surface area contributed by atoms with Gasteiger partial charge in [-0.15, -0.1) is 0 Å². The highest BCUT2D eigenvalue weighted by Gasteiger charge is 2.58. The zero-order chi connectivity index (χ0) is 16.7. The van der Waals surface area contributed by atoms with Gasteiger partial charge in [0.15, 0.2) is 0 Å². The number of nitrogens with zero attached hydrogens (tertiary/aromatic N) is 1. The van der Waals surface area contributed by atoms with Crippen molar-refractivity contribution >= 4 is 5.91 Å². The van der Waals surface area contributed by atoms with E-state index in [2.05, 4.69) is 6.92 Å². The number of methoxy groups -OCH3 is 2. The normalized spacial score (nSPS) is 33.0. The first kappa shape index (κ1) is 17.1. The average Bonchev–Trinajstić information content (AvgIpc) is 3.22. The van der Waals surface area contributed by atoms with Gasteiger partial charge >= 0.3 is 0 Å². The molecule has 2 saturated heterocycles. The first-order chi connectivity index (χ1) is 10.9. The van der Waals surface area contributed by atoms with Gasteiger partial charge in [-0.1, -0.05) is 19.8 Å². The van der Waals surface area contributed by atoms with E-state index in [1.165, 1.54) is 25.7 Å². The summed E-state index contributed by atoms with van der Waals surface area (Å²) in [6.07, 6.45) is 6.38. The topological polar surface area (TPSA) is 74.0 Å². The van der Waals surface area contributed by atoms with Crippen LogP contribution in [0.2, 0.25) is 0 Å². The number of amides is 1. The van der Waals surface area contributed by atoms with Gasteiger partial charge in [-0.25, -0.2) is 0 Å². The Morgan fingerprint density at radius 1 is 1.35 bits per heavy atom. The number of ether oxygens (including phenoxy) is 3. The highest BCUT2D eigenvalue weighted by atomic mass is 16.7. The standard InChI is InChI=1S/C17H30N2O4/c1-16(7-4-5-8-16)10-12(18)15(20)19-9-6-13-14(19)17(21-2,22-3)11-23-13/h12-14H,4-11,18H2,1-3H3/t12?,13-,14+/m1/s1. The second-order valence-electron chi connectivity index (χ2n) is 7.66. The molecular weight excluding hydrogens is 296 g/mol. The third-order valence-corrected chi connectivity index (χ3v) is 6.11. The summed E-state index contributed by atoms with van der Waals surface area (Å²) in [6, 6.07) is -0.656. The third kappa shape index (κ3) is 2.90. The van der Waals surface area contributed by atoms with Gasteiger partial charge in [-0.3, -0.25) is 4.79 Å². The van der Waals surface area contributed by atoms with Crippen LogP contribution in [-0.2, 0) is 19.0 Å². The SMILES string of the molecule is COC1(OC)CO[C@@H]2CCN(C(=O)C(N)CC3(C)CCCC3)[C@@H]21. The largest absolute Gasteiger partial charge is 0.370 e. The van der Waals surface area contributed by atoms with Gasteiger partial charge in [0.05, 0.1) is 12.1 Å².